The minimum Gasteiger partial charge on any atom is -0.409 e. The van der Waals surface area contributed by atoms with Gasteiger partial charge in [0.2, 0.25) is 5.91 Å². The third-order valence-electron chi connectivity index (χ3n) is 2.84. The number of amides is 1. The highest BCUT2D eigenvalue weighted by Crippen LogP contribution is 2.18. The maximum Gasteiger partial charge on any atom is 0.225 e. The predicted molar refractivity (Wildman–Crippen MR) is 63.9 cm³/mol. The van der Waals surface area contributed by atoms with E-state index in [1.165, 1.54) is 0 Å². The largest absolute Gasteiger partial charge is 0.409 e. The van der Waals surface area contributed by atoms with E-state index in [2.05, 4.69) is 5.16 Å². The Hall–Kier alpha value is -1.30. The monoisotopic (exact) mass is 243 g/mol. The second-order valence-electron chi connectivity index (χ2n) is 4.13. The van der Waals surface area contributed by atoms with Gasteiger partial charge < -0.3 is 20.6 Å². The van der Waals surface area contributed by atoms with Crippen LogP contribution in [-0.4, -0.2) is 47.7 Å². The van der Waals surface area contributed by atoms with Gasteiger partial charge in [-0.1, -0.05) is 12.1 Å². The average Bonchev–Trinajstić information content (AvgIpc) is 2.82. The van der Waals surface area contributed by atoms with Gasteiger partial charge >= 0.3 is 0 Å². The number of hydrogen-bond donors (Lipinski definition) is 2. The molecule has 0 spiro atoms. The Morgan fingerprint density at radius 2 is 2.35 bits per heavy atom. The van der Waals surface area contributed by atoms with Crippen molar-refractivity contribution in [1.82, 2.24) is 4.90 Å². The Labute approximate surface area is 101 Å². The second kappa shape index (κ2) is 7.11. The molecule has 0 radical (unpaired) electrons. The van der Waals surface area contributed by atoms with Crippen molar-refractivity contribution in [2.75, 3.05) is 19.8 Å². The van der Waals surface area contributed by atoms with Crippen molar-refractivity contribution in [3.8, 4) is 0 Å². The van der Waals surface area contributed by atoms with Crippen LogP contribution in [-0.2, 0) is 9.53 Å². The molecule has 3 N–H and O–H groups in total. The number of amidine groups is 1. The summed E-state index contributed by atoms with van der Waals surface area (Å²) >= 11 is 0. The SMILES string of the molecule is CCCOCCC(=O)N1CCCC1C(N)=NO. The van der Waals surface area contributed by atoms with Crippen LogP contribution in [0.4, 0.5) is 0 Å². The van der Waals surface area contributed by atoms with Crippen molar-refractivity contribution in [1.29, 1.82) is 0 Å². The van der Waals surface area contributed by atoms with E-state index in [4.69, 9.17) is 15.7 Å². The molecule has 1 rings (SSSR count). The van der Waals surface area contributed by atoms with Crippen LogP contribution in [0.15, 0.2) is 5.16 Å². The molecule has 6 heteroatoms. The first kappa shape index (κ1) is 13.8. The van der Waals surface area contributed by atoms with Crippen molar-refractivity contribution < 1.29 is 14.7 Å². The smallest absolute Gasteiger partial charge is 0.225 e. The van der Waals surface area contributed by atoms with E-state index in [-0.39, 0.29) is 17.8 Å². The number of ether oxygens (including phenoxy) is 1. The molecule has 0 bridgehead atoms. The Morgan fingerprint density at radius 1 is 1.59 bits per heavy atom. The molecule has 1 atom stereocenters. The van der Waals surface area contributed by atoms with Crippen molar-refractivity contribution in [3.05, 3.63) is 0 Å². The van der Waals surface area contributed by atoms with Gasteiger partial charge in [0.1, 0.15) is 0 Å². The quantitative estimate of drug-likeness (QED) is 0.234. The van der Waals surface area contributed by atoms with Gasteiger partial charge in [-0.15, -0.1) is 0 Å². The molecule has 1 aliphatic heterocycles. The van der Waals surface area contributed by atoms with Crippen LogP contribution in [0.25, 0.3) is 0 Å². The van der Waals surface area contributed by atoms with Gasteiger partial charge in [-0.05, 0) is 19.3 Å². The molecule has 0 aromatic rings. The minimum atomic E-state index is -0.251. The standard InChI is InChI=1S/C11H21N3O3/c1-2-7-17-8-5-10(15)14-6-3-4-9(14)11(12)13-16/h9,16H,2-8H2,1H3,(H2,12,13). The van der Waals surface area contributed by atoms with E-state index < -0.39 is 0 Å². The Morgan fingerprint density at radius 3 is 3.00 bits per heavy atom. The van der Waals surface area contributed by atoms with Crippen LogP contribution in [0.5, 0.6) is 0 Å². The summed E-state index contributed by atoms with van der Waals surface area (Å²) in [5, 5.41) is 11.6. The zero-order valence-electron chi connectivity index (χ0n) is 10.3. The second-order valence-corrected chi connectivity index (χ2v) is 4.13. The van der Waals surface area contributed by atoms with Crippen LogP contribution < -0.4 is 5.73 Å². The first-order chi connectivity index (χ1) is 8.20. The zero-order valence-corrected chi connectivity index (χ0v) is 10.3. The predicted octanol–water partition coefficient (Wildman–Crippen LogP) is 0.541. The molecule has 0 aromatic heterocycles. The zero-order chi connectivity index (χ0) is 12.7. The van der Waals surface area contributed by atoms with Gasteiger partial charge in [0.15, 0.2) is 5.84 Å². The first-order valence-corrected chi connectivity index (χ1v) is 6.05. The number of nitrogens with two attached hydrogens (primary N) is 1. The van der Waals surface area contributed by atoms with Crippen LogP contribution in [0.1, 0.15) is 32.6 Å². The third-order valence-corrected chi connectivity index (χ3v) is 2.84. The number of rotatable bonds is 6. The van der Waals surface area contributed by atoms with Crippen LogP contribution >= 0.6 is 0 Å². The molecule has 98 valence electrons. The number of carbonyl (C=O) groups is 1. The maximum atomic E-state index is 11.9. The van der Waals surface area contributed by atoms with E-state index in [1.807, 2.05) is 6.92 Å². The fourth-order valence-corrected chi connectivity index (χ4v) is 1.99. The summed E-state index contributed by atoms with van der Waals surface area (Å²) in [4.78, 5) is 13.6. The number of carbonyl (C=O) groups excluding carboxylic acids is 1. The number of nitrogens with zero attached hydrogens (tertiary/aromatic N) is 2. The van der Waals surface area contributed by atoms with E-state index in [0.29, 0.717) is 26.2 Å². The molecule has 17 heavy (non-hydrogen) atoms. The maximum absolute atomic E-state index is 11.9. The van der Waals surface area contributed by atoms with Crippen LogP contribution in [0.2, 0.25) is 0 Å². The third kappa shape index (κ3) is 3.89. The molecule has 6 nitrogen and oxygen atoms in total. The van der Waals surface area contributed by atoms with Gasteiger partial charge in [0, 0.05) is 13.2 Å². The van der Waals surface area contributed by atoms with Crippen molar-refractivity contribution in [2.24, 2.45) is 10.9 Å². The van der Waals surface area contributed by atoms with E-state index in [0.717, 1.165) is 19.3 Å². The molecule has 0 aromatic carbocycles. The molecule has 1 saturated heterocycles. The summed E-state index contributed by atoms with van der Waals surface area (Å²) in [6, 6.07) is -0.251. The van der Waals surface area contributed by atoms with Gasteiger partial charge in [0.25, 0.3) is 0 Å². The number of oxime groups is 1. The topological polar surface area (TPSA) is 88.2 Å². The number of likely N-dealkylation sites (tertiary alicyclic amines) is 1. The summed E-state index contributed by atoms with van der Waals surface area (Å²) in [5.41, 5.74) is 5.56. The minimum absolute atomic E-state index is 0.00945. The van der Waals surface area contributed by atoms with Gasteiger partial charge in [-0.3, -0.25) is 4.79 Å². The lowest BCUT2D eigenvalue weighted by molar-refractivity contribution is -0.132. The van der Waals surface area contributed by atoms with Gasteiger partial charge in [0.05, 0.1) is 19.1 Å². The summed E-state index contributed by atoms with van der Waals surface area (Å²) < 4.78 is 5.28. The van der Waals surface area contributed by atoms with Crippen LogP contribution in [0, 0.1) is 0 Å². The fourth-order valence-electron chi connectivity index (χ4n) is 1.99. The molecule has 1 heterocycles. The summed E-state index contributed by atoms with van der Waals surface area (Å²) in [6.07, 6.45) is 2.96. The molecular weight excluding hydrogens is 222 g/mol. The molecule has 0 aliphatic carbocycles. The average molecular weight is 243 g/mol. The normalized spacial score (nSPS) is 20.9. The van der Waals surface area contributed by atoms with Gasteiger partial charge in [-0.2, -0.15) is 0 Å². The van der Waals surface area contributed by atoms with E-state index >= 15 is 0 Å². The summed E-state index contributed by atoms with van der Waals surface area (Å²) in [7, 11) is 0. The Balaban J connectivity index is 2.39. The fraction of sp³-hybridized carbons (Fsp3) is 0.818. The van der Waals surface area contributed by atoms with Crippen molar-refractivity contribution in [2.45, 2.75) is 38.6 Å². The molecular formula is C11H21N3O3. The lowest BCUT2D eigenvalue weighted by atomic mass is 10.2. The van der Waals surface area contributed by atoms with Crippen molar-refractivity contribution >= 4 is 11.7 Å². The van der Waals surface area contributed by atoms with Gasteiger partial charge in [-0.25, -0.2) is 0 Å². The van der Waals surface area contributed by atoms with E-state index in [1.54, 1.807) is 4.90 Å². The Bertz CT molecular complexity index is 281. The summed E-state index contributed by atoms with van der Waals surface area (Å²) in [5.74, 6) is 0.125. The molecule has 1 unspecified atom stereocenters. The van der Waals surface area contributed by atoms with Crippen LogP contribution in [0.3, 0.4) is 0 Å². The van der Waals surface area contributed by atoms with E-state index in [9.17, 15) is 4.79 Å². The molecule has 1 fully saturated rings. The number of hydrogen-bond acceptors (Lipinski definition) is 4. The lowest BCUT2D eigenvalue weighted by Gasteiger charge is -2.23. The highest BCUT2D eigenvalue weighted by Gasteiger charge is 2.31. The summed E-state index contributed by atoms with van der Waals surface area (Å²) in [6.45, 7) is 3.81. The highest BCUT2D eigenvalue weighted by molar-refractivity contribution is 5.90. The lowest BCUT2D eigenvalue weighted by Crippen LogP contribution is -2.44. The molecule has 1 amide bonds. The first-order valence-electron chi connectivity index (χ1n) is 6.05. The molecule has 0 saturated carbocycles. The van der Waals surface area contributed by atoms with Crippen molar-refractivity contribution in [3.63, 3.8) is 0 Å². The Kier molecular flexibility index (Phi) is 5.76. The highest BCUT2D eigenvalue weighted by atomic mass is 16.5. The molecule has 1 aliphatic rings.